The summed E-state index contributed by atoms with van der Waals surface area (Å²) in [5.41, 5.74) is 2.11. The number of hydrogen-bond donors (Lipinski definition) is 0. The number of halogens is 2. The molecule has 3 rings (SSSR count). The Morgan fingerprint density at radius 1 is 1.21 bits per heavy atom. The van der Waals surface area contributed by atoms with Crippen molar-refractivity contribution in [2.24, 2.45) is 0 Å². The molecule has 0 spiro atoms. The van der Waals surface area contributed by atoms with E-state index in [1.165, 1.54) is 4.90 Å². The molecule has 0 bridgehead atoms. The zero-order valence-electron chi connectivity index (χ0n) is 16.1. The van der Waals surface area contributed by atoms with Gasteiger partial charge < -0.3 is 4.74 Å². The lowest BCUT2D eigenvalue weighted by molar-refractivity contribution is -0.153. The number of benzene rings is 2. The van der Waals surface area contributed by atoms with Gasteiger partial charge >= 0.3 is 5.97 Å². The van der Waals surface area contributed by atoms with Gasteiger partial charge in [-0.2, -0.15) is 0 Å². The summed E-state index contributed by atoms with van der Waals surface area (Å²) in [4.78, 5) is 26.7. The zero-order valence-corrected chi connectivity index (χ0v) is 18.5. The van der Waals surface area contributed by atoms with Crippen molar-refractivity contribution in [1.82, 2.24) is 0 Å². The van der Waals surface area contributed by atoms with Gasteiger partial charge in [0.1, 0.15) is 12.1 Å². The lowest BCUT2D eigenvalue weighted by Crippen LogP contribution is -2.41. The average Bonchev–Trinajstić information content (AvgIpc) is 2.71. The summed E-state index contributed by atoms with van der Waals surface area (Å²) >= 11 is 9.78. The largest absolute Gasteiger partial charge is 0.459 e. The van der Waals surface area contributed by atoms with E-state index in [0.717, 1.165) is 11.1 Å². The highest BCUT2D eigenvalue weighted by atomic mass is 79.9. The normalized spacial score (nSPS) is 19.8. The molecule has 0 unspecified atom stereocenters. The van der Waals surface area contributed by atoms with E-state index in [0.29, 0.717) is 17.1 Å². The maximum atomic E-state index is 13.1. The molecular weight excluding hydrogens is 442 g/mol. The highest BCUT2D eigenvalue weighted by Crippen LogP contribution is 2.41. The molecule has 2 atom stereocenters. The molecule has 0 aromatic heterocycles. The fourth-order valence-electron chi connectivity index (χ4n) is 3.43. The van der Waals surface area contributed by atoms with Crippen LogP contribution in [0, 0.1) is 0 Å². The maximum absolute atomic E-state index is 13.1. The molecule has 1 heterocycles. The van der Waals surface area contributed by atoms with E-state index in [9.17, 15) is 9.59 Å². The third kappa shape index (κ3) is 4.76. The van der Waals surface area contributed by atoms with Crippen LogP contribution in [0.3, 0.4) is 0 Å². The summed E-state index contributed by atoms with van der Waals surface area (Å²) in [5, 5.41) is 0.514. The number of carbonyl (C=O) groups is 2. The van der Waals surface area contributed by atoms with Crippen LogP contribution in [0.2, 0.25) is 5.02 Å². The second-order valence-corrected chi connectivity index (χ2v) is 9.42. The highest BCUT2D eigenvalue weighted by Gasteiger charge is 2.36. The first-order valence-electron chi connectivity index (χ1n) is 9.17. The number of carbonyl (C=O) groups excluding carboxylic acids is 2. The minimum atomic E-state index is -0.622. The SMILES string of the molecule is CC(C)(C)OC(=O)CN1C(=O)[C@@H](Br)C[C@H](c2ccccc2)c2ccc(Cl)cc21. The Bertz CT molecular complexity index is 879. The number of fused-ring (bicyclic) bond motifs is 1. The van der Waals surface area contributed by atoms with Gasteiger partial charge in [-0.1, -0.05) is 63.9 Å². The molecule has 1 aliphatic rings. The van der Waals surface area contributed by atoms with Crippen molar-refractivity contribution in [3.05, 3.63) is 64.7 Å². The van der Waals surface area contributed by atoms with Crippen LogP contribution in [0.1, 0.15) is 44.2 Å². The fourth-order valence-corrected chi connectivity index (χ4v) is 4.22. The molecule has 0 saturated carbocycles. The molecule has 0 N–H and O–H groups in total. The Balaban J connectivity index is 2.05. The van der Waals surface area contributed by atoms with Gasteiger partial charge in [-0.3, -0.25) is 14.5 Å². The Morgan fingerprint density at radius 3 is 2.54 bits per heavy atom. The Hall–Kier alpha value is -1.85. The molecule has 0 radical (unpaired) electrons. The van der Waals surface area contributed by atoms with Crippen molar-refractivity contribution in [3.8, 4) is 0 Å². The standard InChI is InChI=1S/C22H23BrClNO3/c1-22(2,3)28-20(26)13-25-19-11-15(24)9-10-16(19)17(12-18(23)21(25)27)14-7-5-4-6-8-14/h4-11,17-18H,12-13H2,1-3H3/t17-,18+/m1/s1. The smallest absolute Gasteiger partial charge is 0.326 e. The summed E-state index contributed by atoms with van der Waals surface area (Å²) in [6.07, 6.45) is 0.586. The van der Waals surface area contributed by atoms with E-state index >= 15 is 0 Å². The number of ether oxygens (including phenoxy) is 1. The summed E-state index contributed by atoms with van der Waals surface area (Å²) < 4.78 is 5.44. The first-order chi connectivity index (χ1) is 13.2. The van der Waals surface area contributed by atoms with E-state index < -0.39 is 16.4 Å². The lowest BCUT2D eigenvalue weighted by Gasteiger charge is -2.26. The number of hydrogen-bond acceptors (Lipinski definition) is 3. The molecule has 0 fully saturated rings. The molecule has 0 aliphatic carbocycles. The summed E-state index contributed by atoms with van der Waals surface area (Å²) in [6, 6.07) is 15.6. The van der Waals surface area contributed by atoms with Gasteiger partial charge in [-0.25, -0.2) is 0 Å². The second kappa shape index (κ2) is 8.26. The van der Waals surface area contributed by atoms with E-state index in [4.69, 9.17) is 16.3 Å². The summed E-state index contributed by atoms with van der Waals surface area (Å²) in [7, 11) is 0. The van der Waals surface area contributed by atoms with Crippen LogP contribution in [0.4, 0.5) is 5.69 Å². The van der Waals surface area contributed by atoms with Gasteiger partial charge in [0, 0.05) is 16.6 Å². The van der Waals surface area contributed by atoms with Gasteiger partial charge in [0.05, 0.1) is 4.83 Å². The predicted octanol–water partition coefficient (Wildman–Crippen LogP) is 5.31. The van der Waals surface area contributed by atoms with Gasteiger partial charge in [-0.15, -0.1) is 0 Å². The number of amides is 1. The third-order valence-corrected chi connectivity index (χ3v) is 5.55. The molecule has 28 heavy (non-hydrogen) atoms. The van der Waals surface area contributed by atoms with Crippen LogP contribution >= 0.6 is 27.5 Å². The lowest BCUT2D eigenvalue weighted by atomic mass is 9.87. The fraction of sp³-hybridized carbons (Fsp3) is 0.364. The highest BCUT2D eigenvalue weighted by molar-refractivity contribution is 9.10. The number of nitrogens with zero attached hydrogens (tertiary/aromatic N) is 1. The van der Waals surface area contributed by atoms with Crippen LogP contribution < -0.4 is 4.90 Å². The number of esters is 1. The molecular formula is C22H23BrClNO3. The van der Waals surface area contributed by atoms with Gasteiger partial charge in [0.25, 0.3) is 0 Å². The maximum Gasteiger partial charge on any atom is 0.326 e. The number of alkyl halides is 1. The molecule has 148 valence electrons. The van der Waals surface area contributed by atoms with E-state index in [1.54, 1.807) is 26.8 Å². The van der Waals surface area contributed by atoms with Crippen molar-refractivity contribution in [1.29, 1.82) is 0 Å². The molecule has 6 heteroatoms. The topological polar surface area (TPSA) is 46.6 Å². The monoisotopic (exact) mass is 463 g/mol. The van der Waals surface area contributed by atoms with Crippen molar-refractivity contribution in [3.63, 3.8) is 0 Å². The van der Waals surface area contributed by atoms with Crippen LogP contribution in [-0.2, 0) is 14.3 Å². The van der Waals surface area contributed by atoms with Gasteiger partial charge in [0.15, 0.2) is 0 Å². The van der Waals surface area contributed by atoms with Crippen LogP contribution in [0.5, 0.6) is 0 Å². The molecule has 2 aromatic rings. The average molecular weight is 465 g/mol. The van der Waals surface area contributed by atoms with E-state index in [-0.39, 0.29) is 18.4 Å². The predicted molar refractivity (Wildman–Crippen MR) is 115 cm³/mol. The molecule has 1 amide bonds. The molecule has 0 saturated heterocycles. The first-order valence-corrected chi connectivity index (χ1v) is 10.5. The minimum absolute atomic E-state index is 0.00503. The quantitative estimate of drug-likeness (QED) is 0.456. The van der Waals surface area contributed by atoms with Crippen LogP contribution in [0.25, 0.3) is 0 Å². The Labute approximate surface area is 178 Å². The van der Waals surface area contributed by atoms with Gasteiger partial charge in [-0.05, 0) is 50.5 Å². The van der Waals surface area contributed by atoms with E-state index in [2.05, 4.69) is 28.1 Å². The molecule has 2 aromatic carbocycles. The molecule has 4 nitrogen and oxygen atoms in total. The Kier molecular flexibility index (Phi) is 6.15. The van der Waals surface area contributed by atoms with Crippen molar-refractivity contribution < 1.29 is 14.3 Å². The summed E-state index contributed by atoms with van der Waals surface area (Å²) in [6.45, 7) is 5.25. The number of rotatable bonds is 3. The Morgan fingerprint density at radius 2 is 1.89 bits per heavy atom. The zero-order chi connectivity index (χ0) is 20.5. The van der Waals surface area contributed by atoms with Crippen LogP contribution in [0.15, 0.2) is 48.5 Å². The summed E-state index contributed by atoms with van der Waals surface area (Å²) in [5.74, 6) is -0.622. The number of anilines is 1. The van der Waals surface area contributed by atoms with Gasteiger partial charge in [0.2, 0.25) is 5.91 Å². The third-order valence-electron chi connectivity index (χ3n) is 4.54. The van der Waals surface area contributed by atoms with E-state index in [1.807, 2.05) is 30.3 Å². The van der Waals surface area contributed by atoms with Crippen molar-refractivity contribution >= 4 is 45.1 Å². The second-order valence-electron chi connectivity index (χ2n) is 7.88. The van der Waals surface area contributed by atoms with Crippen molar-refractivity contribution in [2.75, 3.05) is 11.4 Å². The minimum Gasteiger partial charge on any atom is -0.459 e. The first kappa shape index (κ1) is 20.9. The van der Waals surface area contributed by atoms with Crippen LogP contribution in [-0.4, -0.2) is 28.8 Å². The molecule has 1 aliphatic heterocycles. The van der Waals surface area contributed by atoms with Crippen molar-refractivity contribution in [2.45, 2.75) is 43.5 Å².